The van der Waals surface area contributed by atoms with E-state index < -0.39 is 58.5 Å². The summed E-state index contributed by atoms with van der Waals surface area (Å²) in [6, 6.07) is 2.67. The number of rotatable bonds is 16. The molecule has 1 aliphatic heterocycles. The van der Waals surface area contributed by atoms with E-state index in [-0.39, 0.29) is 49.1 Å². The minimum atomic E-state index is -1.33. The second-order valence-corrected chi connectivity index (χ2v) is 12.5. The molecule has 14 heteroatoms. The van der Waals surface area contributed by atoms with Gasteiger partial charge in [0.05, 0.1) is 24.1 Å². The summed E-state index contributed by atoms with van der Waals surface area (Å²) in [6.45, 7) is 7.29. The predicted octanol–water partition coefficient (Wildman–Crippen LogP) is 4.13. The summed E-state index contributed by atoms with van der Waals surface area (Å²) in [4.78, 5) is 78.3. The van der Waals surface area contributed by atoms with E-state index in [0.717, 1.165) is 44.9 Å². The smallest absolute Gasteiger partial charge is 0.408 e. The van der Waals surface area contributed by atoms with Gasteiger partial charge in [-0.1, -0.05) is 25.0 Å². The van der Waals surface area contributed by atoms with Crippen LogP contribution < -0.4 is 10.6 Å². The minimum absolute atomic E-state index is 0.0524. The summed E-state index contributed by atoms with van der Waals surface area (Å²) in [6.07, 6.45) is 8.37. The maximum atomic E-state index is 14.2. The van der Waals surface area contributed by atoms with E-state index in [9.17, 15) is 34.1 Å². The number of benzene rings is 1. The van der Waals surface area contributed by atoms with Crippen LogP contribution in [0.2, 0.25) is 0 Å². The number of carbonyl (C=O) groups is 5. The number of alkyl carbamates (subject to hydrolysis) is 1. The lowest BCUT2D eigenvalue weighted by Crippen LogP contribution is -2.56. The maximum absolute atomic E-state index is 14.2. The number of nitrogens with one attached hydrogen (secondary N) is 2. The van der Waals surface area contributed by atoms with Gasteiger partial charge in [-0.2, -0.15) is 0 Å². The number of ether oxygens (including phenoxy) is 3. The number of unbranched alkanes of at least 4 members (excludes halogenated alkanes) is 3. The fourth-order valence-corrected chi connectivity index (χ4v) is 6.41. The van der Waals surface area contributed by atoms with Gasteiger partial charge >= 0.3 is 18.0 Å². The first-order valence-electron chi connectivity index (χ1n) is 16.4. The van der Waals surface area contributed by atoms with Crippen molar-refractivity contribution in [2.75, 3.05) is 13.7 Å². The van der Waals surface area contributed by atoms with Crippen LogP contribution in [0.1, 0.15) is 81.0 Å². The van der Waals surface area contributed by atoms with E-state index in [1.165, 1.54) is 36.3 Å². The highest BCUT2D eigenvalue weighted by Gasteiger charge is 2.62. The summed E-state index contributed by atoms with van der Waals surface area (Å²) in [5.41, 5.74) is -1.48. The van der Waals surface area contributed by atoms with E-state index in [0.29, 0.717) is 6.42 Å². The van der Waals surface area contributed by atoms with E-state index in [4.69, 9.17) is 14.2 Å². The first-order chi connectivity index (χ1) is 23.0. The molecule has 1 aromatic rings. The predicted molar refractivity (Wildman–Crippen MR) is 173 cm³/mol. The second-order valence-electron chi connectivity index (χ2n) is 12.5. The number of nitro benzene ring substituents is 1. The van der Waals surface area contributed by atoms with Crippen molar-refractivity contribution >= 4 is 35.5 Å². The number of carbonyl (C=O) groups excluding carboxylic acids is 5. The Morgan fingerprint density at radius 1 is 1.06 bits per heavy atom. The molecular weight excluding hydrogens is 624 g/mol. The van der Waals surface area contributed by atoms with E-state index in [1.54, 1.807) is 6.08 Å². The lowest BCUT2D eigenvalue weighted by molar-refractivity contribution is -0.384. The van der Waals surface area contributed by atoms with Gasteiger partial charge in [0.15, 0.2) is 0 Å². The van der Waals surface area contributed by atoms with Crippen LogP contribution in [0.15, 0.2) is 49.6 Å². The Morgan fingerprint density at radius 2 is 1.77 bits per heavy atom. The zero-order valence-corrected chi connectivity index (χ0v) is 27.2. The fourth-order valence-electron chi connectivity index (χ4n) is 6.41. The van der Waals surface area contributed by atoms with Crippen LogP contribution in [-0.2, 0) is 28.6 Å². The van der Waals surface area contributed by atoms with Gasteiger partial charge in [0.1, 0.15) is 29.8 Å². The summed E-state index contributed by atoms with van der Waals surface area (Å²) in [5, 5.41) is 16.5. The van der Waals surface area contributed by atoms with Crippen molar-refractivity contribution in [3.05, 3.63) is 65.3 Å². The van der Waals surface area contributed by atoms with Gasteiger partial charge in [0.25, 0.3) is 5.69 Å². The lowest BCUT2D eigenvalue weighted by Gasteiger charge is -2.29. The van der Waals surface area contributed by atoms with Gasteiger partial charge in [-0.3, -0.25) is 19.7 Å². The van der Waals surface area contributed by atoms with Gasteiger partial charge in [-0.25, -0.2) is 14.4 Å². The highest BCUT2D eigenvalue weighted by atomic mass is 16.6. The number of esters is 2. The first-order valence-corrected chi connectivity index (χ1v) is 16.4. The molecule has 1 heterocycles. The number of amides is 3. The number of methoxy groups -OCH3 is 1. The molecule has 0 radical (unpaired) electrons. The largest absolute Gasteiger partial charge is 0.467 e. The lowest BCUT2D eigenvalue weighted by atomic mass is 10.0. The first kappa shape index (κ1) is 36.1. The molecule has 1 aromatic carbocycles. The van der Waals surface area contributed by atoms with Crippen LogP contribution in [0.4, 0.5) is 10.5 Å². The number of non-ortho nitro benzene ring substituents is 1. The van der Waals surface area contributed by atoms with Crippen molar-refractivity contribution in [2.45, 2.75) is 100 Å². The molecule has 2 aliphatic carbocycles. The molecule has 4 rings (SSSR count). The molecule has 2 N–H and O–H groups in total. The molecule has 0 bridgehead atoms. The summed E-state index contributed by atoms with van der Waals surface area (Å²) >= 11 is 0. The quantitative estimate of drug-likeness (QED) is 0.0649. The molecule has 3 aliphatic rings. The van der Waals surface area contributed by atoms with Gasteiger partial charge in [0, 0.05) is 24.5 Å². The number of nitrogens with zero attached hydrogens (tertiary/aromatic N) is 2. The van der Waals surface area contributed by atoms with Crippen molar-refractivity contribution in [2.24, 2.45) is 5.92 Å². The van der Waals surface area contributed by atoms with Gasteiger partial charge in [-0.05, 0) is 63.5 Å². The number of allylic oxidation sites excluding steroid dienone is 1. The second kappa shape index (κ2) is 16.4. The van der Waals surface area contributed by atoms with Crippen molar-refractivity contribution in [3.8, 4) is 0 Å². The van der Waals surface area contributed by atoms with Crippen molar-refractivity contribution < 1.29 is 43.1 Å². The Morgan fingerprint density at radius 3 is 2.38 bits per heavy atom. The van der Waals surface area contributed by atoms with Crippen molar-refractivity contribution in [1.29, 1.82) is 0 Å². The molecule has 1 saturated heterocycles. The number of hydrogen-bond acceptors (Lipinski definition) is 10. The van der Waals surface area contributed by atoms with Crippen LogP contribution in [-0.4, -0.2) is 83.2 Å². The standard InChI is InChI=1S/C34H44N4O10/c1-4-6-7-8-9-14-27(35-33(43)48-25-12-10-11-13-25)30(40)37-21-26(47-31(41)22-15-17-24(18-16-22)38(44)45)19-28(37)29(39)36-34(32(42)46-3)20-23(34)5-2/h4-5,15-18,23,25-28H,1-2,6-14,19-21H2,3H3,(H,35,43)(H,36,39)/t23-,26+,27+,28+,34-/m1/s1. The Labute approximate surface area is 279 Å². The maximum Gasteiger partial charge on any atom is 0.408 e. The Kier molecular flexibility index (Phi) is 12.3. The van der Waals surface area contributed by atoms with E-state index in [2.05, 4.69) is 23.8 Å². The minimum Gasteiger partial charge on any atom is -0.467 e. The Hall–Kier alpha value is -4.75. The highest BCUT2D eigenvalue weighted by Crippen LogP contribution is 2.45. The van der Waals surface area contributed by atoms with Gasteiger partial charge < -0.3 is 29.7 Å². The monoisotopic (exact) mass is 668 g/mol. The zero-order valence-electron chi connectivity index (χ0n) is 27.2. The molecule has 0 unspecified atom stereocenters. The molecule has 48 heavy (non-hydrogen) atoms. The SMILES string of the molecule is C=CCCCCC[C@H](NC(=O)OC1CCCC1)C(=O)N1C[C@@H](OC(=O)c2ccc([N+](=O)[O-])cc2)C[C@H]1C(=O)N[C@]1(C(=O)OC)C[C@H]1C=C. The summed E-state index contributed by atoms with van der Waals surface area (Å²) in [7, 11) is 1.21. The normalized spacial score (nSPS) is 23.8. The molecule has 3 fully saturated rings. The third kappa shape index (κ3) is 8.78. The van der Waals surface area contributed by atoms with Gasteiger partial charge in [0.2, 0.25) is 11.8 Å². The van der Waals surface area contributed by atoms with Crippen molar-refractivity contribution in [1.82, 2.24) is 15.5 Å². The van der Waals surface area contributed by atoms with Crippen LogP contribution in [0.25, 0.3) is 0 Å². The molecule has 14 nitrogen and oxygen atoms in total. The topological polar surface area (TPSA) is 183 Å². The molecule has 3 amide bonds. The van der Waals surface area contributed by atoms with Crippen LogP contribution in [0.3, 0.4) is 0 Å². The Balaban J connectivity index is 1.55. The number of hydrogen-bond donors (Lipinski definition) is 2. The number of likely N-dealkylation sites (tertiary alicyclic amines) is 1. The highest BCUT2D eigenvalue weighted by molar-refractivity contribution is 5.97. The Bertz CT molecular complexity index is 1390. The zero-order chi connectivity index (χ0) is 34.8. The number of nitro groups is 1. The third-order valence-electron chi connectivity index (χ3n) is 9.20. The summed E-state index contributed by atoms with van der Waals surface area (Å²) < 4.78 is 16.2. The third-order valence-corrected chi connectivity index (χ3v) is 9.20. The van der Waals surface area contributed by atoms with Crippen LogP contribution in [0, 0.1) is 16.0 Å². The summed E-state index contributed by atoms with van der Waals surface area (Å²) in [5.74, 6) is -3.01. The molecule has 0 spiro atoms. The van der Waals surface area contributed by atoms with E-state index >= 15 is 0 Å². The average Bonchev–Trinajstić information content (AvgIpc) is 3.35. The molecule has 0 aromatic heterocycles. The van der Waals surface area contributed by atoms with Crippen molar-refractivity contribution in [3.63, 3.8) is 0 Å². The average molecular weight is 669 g/mol. The van der Waals surface area contributed by atoms with Crippen LogP contribution >= 0.6 is 0 Å². The molecule has 2 saturated carbocycles. The molecule has 5 atom stereocenters. The molecule has 260 valence electrons. The molecular formula is C34H44N4O10. The van der Waals surface area contributed by atoms with Crippen LogP contribution in [0.5, 0.6) is 0 Å². The van der Waals surface area contributed by atoms with Gasteiger partial charge in [-0.15, -0.1) is 13.2 Å². The fraction of sp³-hybridized carbons (Fsp3) is 0.559. The van der Waals surface area contributed by atoms with E-state index in [1.807, 2.05) is 6.08 Å².